The third kappa shape index (κ3) is 2.89. The Morgan fingerprint density at radius 1 is 1.00 bits per heavy atom. The van der Waals surface area contributed by atoms with E-state index in [0.29, 0.717) is 6.42 Å². The minimum atomic E-state index is -0.0794. The van der Waals surface area contributed by atoms with Crippen LogP contribution in [0.15, 0.2) is 60.7 Å². The first-order valence-electron chi connectivity index (χ1n) is 8.30. The Bertz CT molecular complexity index is 602. The summed E-state index contributed by atoms with van der Waals surface area (Å²) in [5.74, 6) is 0.237. The molecule has 3 rings (SSSR count). The van der Waals surface area contributed by atoms with Gasteiger partial charge >= 0.3 is 0 Å². The SMILES string of the molecule is CC[C@H]1C(=O)N(C(c2ccccc2)c2ccccc2)[C@@H]1CCO. The molecule has 2 aromatic rings. The molecule has 3 heteroatoms. The average Bonchev–Trinajstić information content (AvgIpc) is 2.61. The number of benzene rings is 2. The van der Waals surface area contributed by atoms with Gasteiger partial charge in [0.15, 0.2) is 0 Å². The second-order valence-electron chi connectivity index (χ2n) is 6.06. The van der Waals surface area contributed by atoms with Gasteiger partial charge in [-0.05, 0) is 24.0 Å². The van der Waals surface area contributed by atoms with Crippen LogP contribution < -0.4 is 0 Å². The second-order valence-corrected chi connectivity index (χ2v) is 6.06. The highest BCUT2D eigenvalue weighted by atomic mass is 16.3. The van der Waals surface area contributed by atoms with Crippen LogP contribution in [0.5, 0.6) is 0 Å². The van der Waals surface area contributed by atoms with Crippen LogP contribution in [0.3, 0.4) is 0 Å². The van der Waals surface area contributed by atoms with Gasteiger partial charge in [0.05, 0.1) is 12.0 Å². The average molecular weight is 309 g/mol. The first-order chi connectivity index (χ1) is 11.3. The lowest BCUT2D eigenvalue weighted by Crippen LogP contribution is -2.62. The van der Waals surface area contributed by atoms with Crippen LogP contribution in [-0.2, 0) is 4.79 Å². The predicted molar refractivity (Wildman–Crippen MR) is 90.8 cm³/mol. The van der Waals surface area contributed by atoms with E-state index in [0.717, 1.165) is 17.5 Å². The smallest absolute Gasteiger partial charge is 0.228 e. The van der Waals surface area contributed by atoms with Gasteiger partial charge in [0, 0.05) is 12.6 Å². The molecule has 0 aromatic heterocycles. The van der Waals surface area contributed by atoms with Crippen molar-refractivity contribution < 1.29 is 9.90 Å². The van der Waals surface area contributed by atoms with E-state index in [2.05, 4.69) is 24.3 Å². The van der Waals surface area contributed by atoms with Gasteiger partial charge in [-0.25, -0.2) is 0 Å². The predicted octanol–water partition coefficient (Wildman–Crippen LogP) is 3.40. The number of carbonyl (C=O) groups is 1. The number of rotatable bonds is 6. The largest absolute Gasteiger partial charge is 0.396 e. The Morgan fingerprint density at radius 2 is 1.52 bits per heavy atom. The van der Waals surface area contributed by atoms with Crippen molar-refractivity contribution in [3.63, 3.8) is 0 Å². The van der Waals surface area contributed by atoms with Crippen LogP contribution >= 0.6 is 0 Å². The number of aliphatic hydroxyl groups is 1. The summed E-state index contributed by atoms with van der Waals surface area (Å²) in [5, 5.41) is 9.40. The van der Waals surface area contributed by atoms with E-state index < -0.39 is 0 Å². The fourth-order valence-corrected chi connectivity index (χ4v) is 3.65. The van der Waals surface area contributed by atoms with E-state index in [9.17, 15) is 9.90 Å². The normalized spacial score (nSPS) is 20.7. The Balaban J connectivity index is 2.00. The number of likely N-dealkylation sites (tertiary alicyclic amines) is 1. The van der Waals surface area contributed by atoms with Crippen molar-refractivity contribution in [3.8, 4) is 0 Å². The molecule has 1 aliphatic heterocycles. The molecule has 120 valence electrons. The van der Waals surface area contributed by atoms with E-state index in [1.807, 2.05) is 48.2 Å². The van der Waals surface area contributed by atoms with Crippen LogP contribution in [0, 0.1) is 5.92 Å². The van der Waals surface area contributed by atoms with E-state index >= 15 is 0 Å². The Kier molecular flexibility index (Phi) is 4.77. The summed E-state index contributed by atoms with van der Waals surface area (Å²) in [6, 6.07) is 20.3. The van der Waals surface area contributed by atoms with E-state index in [-0.39, 0.29) is 30.5 Å². The zero-order chi connectivity index (χ0) is 16.2. The topological polar surface area (TPSA) is 40.5 Å². The molecular weight excluding hydrogens is 286 g/mol. The lowest BCUT2D eigenvalue weighted by atomic mass is 9.79. The van der Waals surface area contributed by atoms with Crippen molar-refractivity contribution in [2.75, 3.05) is 6.61 Å². The molecule has 1 heterocycles. The van der Waals surface area contributed by atoms with Gasteiger partial charge in [0.1, 0.15) is 0 Å². The molecule has 1 fully saturated rings. The summed E-state index contributed by atoms with van der Waals surface area (Å²) in [4.78, 5) is 14.7. The summed E-state index contributed by atoms with van der Waals surface area (Å²) in [6.07, 6.45) is 1.47. The third-order valence-corrected chi connectivity index (χ3v) is 4.77. The zero-order valence-corrected chi connectivity index (χ0v) is 13.4. The van der Waals surface area contributed by atoms with Gasteiger partial charge in [-0.15, -0.1) is 0 Å². The van der Waals surface area contributed by atoms with Crippen LogP contribution in [0.2, 0.25) is 0 Å². The third-order valence-electron chi connectivity index (χ3n) is 4.77. The van der Waals surface area contributed by atoms with Crippen molar-refractivity contribution in [1.29, 1.82) is 0 Å². The van der Waals surface area contributed by atoms with Gasteiger partial charge < -0.3 is 10.0 Å². The lowest BCUT2D eigenvalue weighted by Gasteiger charge is -2.51. The molecule has 0 saturated carbocycles. The summed E-state index contributed by atoms with van der Waals surface area (Å²) in [7, 11) is 0. The second kappa shape index (κ2) is 6.97. The number of aliphatic hydroxyl groups excluding tert-OH is 1. The van der Waals surface area contributed by atoms with E-state index in [1.165, 1.54) is 0 Å². The highest BCUT2D eigenvalue weighted by Crippen LogP contribution is 2.41. The summed E-state index contributed by atoms with van der Waals surface area (Å²) >= 11 is 0. The van der Waals surface area contributed by atoms with E-state index in [1.54, 1.807) is 0 Å². The quantitative estimate of drug-likeness (QED) is 0.831. The molecule has 1 N–H and O–H groups in total. The van der Waals surface area contributed by atoms with Crippen molar-refractivity contribution >= 4 is 5.91 Å². The summed E-state index contributed by atoms with van der Waals surface area (Å²) in [6.45, 7) is 2.16. The molecule has 0 radical (unpaired) electrons. The summed E-state index contributed by atoms with van der Waals surface area (Å²) < 4.78 is 0. The molecule has 0 aliphatic carbocycles. The number of hydrogen-bond donors (Lipinski definition) is 1. The Morgan fingerprint density at radius 3 is 1.96 bits per heavy atom. The van der Waals surface area contributed by atoms with Gasteiger partial charge in [0.25, 0.3) is 0 Å². The van der Waals surface area contributed by atoms with Crippen LogP contribution in [0.25, 0.3) is 0 Å². The molecule has 3 nitrogen and oxygen atoms in total. The number of hydrogen-bond acceptors (Lipinski definition) is 2. The number of nitrogens with zero attached hydrogens (tertiary/aromatic N) is 1. The van der Waals surface area contributed by atoms with E-state index in [4.69, 9.17) is 0 Å². The van der Waals surface area contributed by atoms with Gasteiger partial charge in [-0.1, -0.05) is 67.6 Å². The van der Waals surface area contributed by atoms with Crippen molar-refractivity contribution in [2.45, 2.75) is 31.8 Å². The Hall–Kier alpha value is -2.13. The van der Waals surface area contributed by atoms with Crippen LogP contribution in [0.4, 0.5) is 0 Å². The molecule has 0 bridgehead atoms. The monoisotopic (exact) mass is 309 g/mol. The molecule has 2 atom stereocenters. The Labute approximate surface area is 137 Å². The maximum Gasteiger partial charge on any atom is 0.228 e. The van der Waals surface area contributed by atoms with Gasteiger partial charge in [-0.2, -0.15) is 0 Å². The fraction of sp³-hybridized carbons (Fsp3) is 0.350. The van der Waals surface area contributed by atoms with Crippen LogP contribution in [-0.4, -0.2) is 28.6 Å². The van der Waals surface area contributed by atoms with Crippen molar-refractivity contribution in [1.82, 2.24) is 4.90 Å². The maximum absolute atomic E-state index is 12.7. The first kappa shape index (κ1) is 15.8. The number of carbonyl (C=O) groups excluding carboxylic acids is 1. The minimum absolute atomic E-state index is 0.0390. The minimum Gasteiger partial charge on any atom is -0.396 e. The number of β-lactam (4-membered cyclic amide) rings is 1. The molecule has 1 saturated heterocycles. The van der Waals surface area contributed by atoms with Gasteiger partial charge in [0.2, 0.25) is 5.91 Å². The maximum atomic E-state index is 12.7. The molecule has 0 unspecified atom stereocenters. The molecular formula is C20H23NO2. The standard InChI is InChI=1S/C20H23NO2/c1-2-17-18(13-14-22)21(20(17)23)19(15-9-5-3-6-10-15)16-11-7-4-8-12-16/h3-12,17-19,22H,2,13-14H2,1H3/t17-,18-/m1/s1. The van der Waals surface area contributed by atoms with Crippen LogP contribution in [0.1, 0.15) is 36.9 Å². The fourth-order valence-electron chi connectivity index (χ4n) is 3.65. The number of amides is 1. The molecule has 23 heavy (non-hydrogen) atoms. The zero-order valence-electron chi connectivity index (χ0n) is 13.4. The van der Waals surface area contributed by atoms with Crippen molar-refractivity contribution in [2.24, 2.45) is 5.92 Å². The first-order valence-corrected chi connectivity index (χ1v) is 8.30. The molecule has 1 aliphatic rings. The van der Waals surface area contributed by atoms with Gasteiger partial charge in [-0.3, -0.25) is 4.79 Å². The highest BCUT2D eigenvalue weighted by molar-refractivity contribution is 5.87. The molecule has 1 amide bonds. The van der Waals surface area contributed by atoms with Crippen molar-refractivity contribution in [3.05, 3.63) is 71.8 Å². The lowest BCUT2D eigenvalue weighted by molar-refractivity contribution is -0.161. The molecule has 0 spiro atoms. The summed E-state index contributed by atoms with van der Waals surface area (Å²) in [5.41, 5.74) is 2.23. The highest BCUT2D eigenvalue weighted by Gasteiger charge is 2.49. The molecule has 2 aromatic carbocycles.